The molecular formula is C15H14ClNO3. The summed E-state index contributed by atoms with van der Waals surface area (Å²) in [6.07, 6.45) is 0. The van der Waals surface area contributed by atoms with E-state index in [0.717, 1.165) is 11.3 Å². The second kappa shape index (κ2) is 6.30. The fourth-order valence-electron chi connectivity index (χ4n) is 1.79. The number of aromatic carboxylic acids is 1. The van der Waals surface area contributed by atoms with Gasteiger partial charge in [-0.1, -0.05) is 23.7 Å². The van der Waals surface area contributed by atoms with E-state index in [1.807, 2.05) is 18.2 Å². The zero-order valence-corrected chi connectivity index (χ0v) is 11.6. The fourth-order valence-corrected chi connectivity index (χ4v) is 2.07. The van der Waals surface area contributed by atoms with Crippen LogP contribution in [0.5, 0.6) is 5.75 Å². The standard InChI is InChI=1S/C15H14ClNO3/c1-20-14-6-5-10(7-13(14)16)9-17-12-4-2-3-11(8-12)15(18)19/h2-8,17H,9H2,1H3,(H,18,19). The number of carboxylic acid groups (broad SMARTS) is 1. The molecule has 0 atom stereocenters. The summed E-state index contributed by atoms with van der Waals surface area (Å²) >= 11 is 6.05. The van der Waals surface area contributed by atoms with Crippen molar-refractivity contribution >= 4 is 23.3 Å². The highest BCUT2D eigenvalue weighted by atomic mass is 35.5. The van der Waals surface area contributed by atoms with Crippen molar-refractivity contribution in [3.63, 3.8) is 0 Å². The molecule has 0 bridgehead atoms. The zero-order chi connectivity index (χ0) is 14.5. The van der Waals surface area contributed by atoms with Gasteiger partial charge in [0.15, 0.2) is 0 Å². The fraction of sp³-hybridized carbons (Fsp3) is 0.133. The van der Waals surface area contributed by atoms with Crippen LogP contribution in [0.2, 0.25) is 5.02 Å². The van der Waals surface area contributed by atoms with Gasteiger partial charge in [0.25, 0.3) is 0 Å². The Morgan fingerprint density at radius 3 is 2.75 bits per heavy atom. The van der Waals surface area contributed by atoms with Crippen LogP contribution in [-0.2, 0) is 6.54 Å². The van der Waals surface area contributed by atoms with Crippen molar-refractivity contribution in [2.24, 2.45) is 0 Å². The highest BCUT2D eigenvalue weighted by Crippen LogP contribution is 2.25. The van der Waals surface area contributed by atoms with E-state index in [9.17, 15) is 4.79 Å². The van der Waals surface area contributed by atoms with Gasteiger partial charge in [-0.2, -0.15) is 0 Å². The van der Waals surface area contributed by atoms with E-state index in [2.05, 4.69) is 5.32 Å². The van der Waals surface area contributed by atoms with Gasteiger partial charge in [-0.05, 0) is 35.9 Å². The van der Waals surface area contributed by atoms with Crippen molar-refractivity contribution in [3.8, 4) is 5.75 Å². The molecule has 0 spiro atoms. The maximum absolute atomic E-state index is 10.9. The van der Waals surface area contributed by atoms with Gasteiger partial charge in [-0.3, -0.25) is 0 Å². The Morgan fingerprint density at radius 2 is 2.10 bits per heavy atom. The third-order valence-electron chi connectivity index (χ3n) is 2.82. The lowest BCUT2D eigenvalue weighted by Gasteiger charge is -2.09. The predicted octanol–water partition coefficient (Wildman–Crippen LogP) is 3.66. The van der Waals surface area contributed by atoms with Crippen LogP contribution in [0.25, 0.3) is 0 Å². The summed E-state index contributed by atoms with van der Waals surface area (Å²) in [5.41, 5.74) is 1.98. The molecule has 0 heterocycles. The molecule has 0 saturated carbocycles. The third kappa shape index (κ3) is 3.42. The van der Waals surface area contributed by atoms with E-state index < -0.39 is 5.97 Å². The topological polar surface area (TPSA) is 58.6 Å². The molecular weight excluding hydrogens is 278 g/mol. The lowest BCUT2D eigenvalue weighted by atomic mass is 10.2. The molecule has 0 aliphatic rings. The largest absolute Gasteiger partial charge is 0.495 e. The first-order chi connectivity index (χ1) is 9.60. The van der Waals surface area contributed by atoms with Crippen molar-refractivity contribution in [3.05, 3.63) is 58.6 Å². The van der Waals surface area contributed by atoms with Gasteiger partial charge >= 0.3 is 5.97 Å². The van der Waals surface area contributed by atoms with Crippen LogP contribution in [0.15, 0.2) is 42.5 Å². The molecule has 2 N–H and O–H groups in total. The van der Waals surface area contributed by atoms with Gasteiger partial charge < -0.3 is 15.2 Å². The predicted molar refractivity (Wildman–Crippen MR) is 78.7 cm³/mol. The number of carboxylic acids is 1. The first-order valence-electron chi connectivity index (χ1n) is 6.00. The summed E-state index contributed by atoms with van der Waals surface area (Å²) in [4.78, 5) is 10.9. The maximum atomic E-state index is 10.9. The number of ether oxygens (including phenoxy) is 1. The highest BCUT2D eigenvalue weighted by Gasteiger charge is 2.04. The number of benzene rings is 2. The number of hydrogen-bond acceptors (Lipinski definition) is 3. The minimum Gasteiger partial charge on any atom is -0.495 e. The van der Waals surface area contributed by atoms with Crippen LogP contribution in [0, 0.1) is 0 Å². The minimum absolute atomic E-state index is 0.253. The van der Waals surface area contributed by atoms with Crippen LogP contribution in [0.1, 0.15) is 15.9 Å². The van der Waals surface area contributed by atoms with E-state index in [-0.39, 0.29) is 5.56 Å². The van der Waals surface area contributed by atoms with Crippen molar-refractivity contribution in [2.75, 3.05) is 12.4 Å². The van der Waals surface area contributed by atoms with Gasteiger partial charge in [0.05, 0.1) is 17.7 Å². The smallest absolute Gasteiger partial charge is 0.335 e. The Bertz CT molecular complexity index is 628. The maximum Gasteiger partial charge on any atom is 0.335 e. The Labute approximate surface area is 122 Å². The van der Waals surface area contributed by atoms with Crippen LogP contribution >= 0.6 is 11.6 Å². The Kier molecular flexibility index (Phi) is 4.48. The van der Waals surface area contributed by atoms with Crippen LogP contribution < -0.4 is 10.1 Å². The lowest BCUT2D eigenvalue weighted by Crippen LogP contribution is -2.02. The molecule has 20 heavy (non-hydrogen) atoms. The van der Waals surface area contributed by atoms with Gasteiger partial charge in [-0.25, -0.2) is 4.79 Å². The zero-order valence-electron chi connectivity index (χ0n) is 10.9. The van der Waals surface area contributed by atoms with E-state index in [1.54, 1.807) is 31.4 Å². The van der Waals surface area contributed by atoms with Crippen molar-refractivity contribution < 1.29 is 14.6 Å². The van der Waals surface area contributed by atoms with Gasteiger partial charge in [0, 0.05) is 12.2 Å². The van der Waals surface area contributed by atoms with E-state index >= 15 is 0 Å². The average molecular weight is 292 g/mol. The summed E-state index contributed by atoms with van der Waals surface area (Å²) in [5.74, 6) is -0.315. The second-order valence-corrected chi connectivity index (χ2v) is 4.62. The SMILES string of the molecule is COc1ccc(CNc2cccc(C(=O)O)c2)cc1Cl. The van der Waals surface area contributed by atoms with E-state index in [1.165, 1.54) is 0 Å². The third-order valence-corrected chi connectivity index (χ3v) is 3.12. The van der Waals surface area contributed by atoms with Crippen LogP contribution in [0.4, 0.5) is 5.69 Å². The molecule has 0 saturated heterocycles. The number of carbonyl (C=O) groups is 1. The summed E-state index contributed by atoms with van der Waals surface area (Å²) in [6.45, 7) is 0.548. The molecule has 0 radical (unpaired) electrons. The lowest BCUT2D eigenvalue weighted by molar-refractivity contribution is 0.0697. The van der Waals surface area contributed by atoms with Crippen molar-refractivity contribution in [2.45, 2.75) is 6.54 Å². The van der Waals surface area contributed by atoms with Gasteiger partial charge in [0.2, 0.25) is 0 Å². The Hall–Kier alpha value is -2.20. The molecule has 5 heteroatoms. The first-order valence-corrected chi connectivity index (χ1v) is 6.37. The molecule has 0 aliphatic carbocycles. The Morgan fingerprint density at radius 1 is 1.30 bits per heavy atom. The molecule has 0 fully saturated rings. The molecule has 2 aromatic carbocycles. The number of hydrogen-bond donors (Lipinski definition) is 2. The highest BCUT2D eigenvalue weighted by molar-refractivity contribution is 6.32. The summed E-state index contributed by atoms with van der Waals surface area (Å²) in [6, 6.07) is 12.2. The number of nitrogens with one attached hydrogen (secondary N) is 1. The quantitative estimate of drug-likeness (QED) is 0.882. The first kappa shape index (κ1) is 14.2. The second-order valence-electron chi connectivity index (χ2n) is 4.21. The molecule has 0 aromatic heterocycles. The molecule has 0 aliphatic heterocycles. The summed E-state index contributed by atoms with van der Waals surface area (Å²) in [5, 5.41) is 12.6. The van der Waals surface area contributed by atoms with E-state index in [0.29, 0.717) is 17.3 Å². The van der Waals surface area contributed by atoms with Gasteiger partial charge in [-0.15, -0.1) is 0 Å². The van der Waals surface area contributed by atoms with Crippen molar-refractivity contribution in [1.29, 1.82) is 0 Å². The van der Waals surface area contributed by atoms with Crippen molar-refractivity contribution in [1.82, 2.24) is 0 Å². The molecule has 2 aromatic rings. The van der Waals surface area contributed by atoms with E-state index in [4.69, 9.17) is 21.4 Å². The number of rotatable bonds is 5. The average Bonchev–Trinajstić information content (AvgIpc) is 2.45. The van der Waals surface area contributed by atoms with Gasteiger partial charge in [0.1, 0.15) is 5.75 Å². The molecule has 104 valence electrons. The number of anilines is 1. The van der Waals surface area contributed by atoms with Crippen LogP contribution in [-0.4, -0.2) is 18.2 Å². The Balaban J connectivity index is 2.07. The summed E-state index contributed by atoms with van der Waals surface area (Å²) < 4.78 is 5.09. The normalized spacial score (nSPS) is 10.1. The minimum atomic E-state index is -0.943. The molecule has 4 nitrogen and oxygen atoms in total. The molecule has 0 amide bonds. The molecule has 0 unspecified atom stereocenters. The van der Waals surface area contributed by atoms with Crippen LogP contribution in [0.3, 0.4) is 0 Å². The number of halogens is 1. The monoisotopic (exact) mass is 291 g/mol. The molecule has 2 rings (SSSR count). The number of methoxy groups -OCH3 is 1. The summed E-state index contributed by atoms with van der Waals surface area (Å²) in [7, 11) is 1.57.